The monoisotopic (exact) mass is 214 g/mol. The highest BCUT2D eigenvalue weighted by molar-refractivity contribution is 5.94. The molecular formula is C9H14N2O4. The van der Waals surface area contributed by atoms with Crippen LogP contribution in [-0.2, 0) is 14.3 Å². The van der Waals surface area contributed by atoms with Gasteiger partial charge in [0.05, 0.1) is 6.10 Å². The number of hydrogen-bond acceptors (Lipinski definition) is 4. The van der Waals surface area contributed by atoms with Gasteiger partial charge in [0.15, 0.2) is 0 Å². The summed E-state index contributed by atoms with van der Waals surface area (Å²) in [6.07, 6.45) is 2.22. The van der Waals surface area contributed by atoms with E-state index >= 15 is 0 Å². The van der Waals surface area contributed by atoms with E-state index in [1.807, 2.05) is 5.32 Å². The zero-order chi connectivity index (χ0) is 11.3. The SMILES string of the molecule is NC(=O)NC(=O)COC1CCC(=O)CC1. The number of ketones is 1. The zero-order valence-electron chi connectivity index (χ0n) is 8.32. The Morgan fingerprint density at radius 3 is 2.53 bits per heavy atom. The van der Waals surface area contributed by atoms with E-state index in [4.69, 9.17) is 10.5 Å². The summed E-state index contributed by atoms with van der Waals surface area (Å²) >= 11 is 0. The molecule has 0 unspecified atom stereocenters. The molecule has 0 saturated heterocycles. The molecule has 3 amide bonds. The Morgan fingerprint density at radius 2 is 2.00 bits per heavy atom. The fourth-order valence-electron chi connectivity index (χ4n) is 1.45. The minimum Gasteiger partial charge on any atom is -0.368 e. The van der Waals surface area contributed by atoms with Crippen molar-refractivity contribution >= 4 is 17.7 Å². The summed E-state index contributed by atoms with van der Waals surface area (Å²) in [6, 6.07) is -0.887. The van der Waals surface area contributed by atoms with Gasteiger partial charge in [-0.25, -0.2) is 4.79 Å². The van der Waals surface area contributed by atoms with Gasteiger partial charge in [-0.05, 0) is 12.8 Å². The normalized spacial score (nSPS) is 17.5. The first kappa shape index (κ1) is 11.6. The van der Waals surface area contributed by atoms with E-state index in [1.54, 1.807) is 0 Å². The van der Waals surface area contributed by atoms with Crippen LogP contribution in [0.15, 0.2) is 0 Å². The summed E-state index contributed by atoms with van der Waals surface area (Å²) in [5.41, 5.74) is 4.75. The van der Waals surface area contributed by atoms with Crippen LogP contribution < -0.4 is 11.1 Å². The van der Waals surface area contributed by atoms with Crippen molar-refractivity contribution in [1.29, 1.82) is 0 Å². The number of ether oxygens (including phenoxy) is 1. The summed E-state index contributed by atoms with van der Waals surface area (Å²) in [5, 5.41) is 1.90. The molecule has 1 aliphatic rings. The standard InChI is InChI=1S/C9H14N2O4/c10-9(14)11-8(13)5-15-7-3-1-6(12)2-4-7/h7H,1-5H2,(H3,10,11,13,14). The minimum atomic E-state index is -0.887. The molecule has 0 aromatic carbocycles. The van der Waals surface area contributed by atoms with Crippen LogP contribution in [-0.4, -0.2) is 30.4 Å². The van der Waals surface area contributed by atoms with Gasteiger partial charge in [-0.2, -0.15) is 0 Å². The van der Waals surface area contributed by atoms with Gasteiger partial charge in [0, 0.05) is 12.8 Å². The molecule has 0 bridgehead atoms. The molecule has 1 rings (SSSR count). The number of primary amides is 1. The van der Waals surface area contributed by atoms with Gasteiger partial charge in [-0.3, -0.25) is 14.9 Å². The Kier molecular flexibility index (Phi) is 4.23. The molecule has 6 nitrogen and oxygen atoms in total. The highest BCUT2D eigenvalue weighted by Crippen LogP contribution is 2.17. The third kappa shape index (κ3) is 4.55. The van der Waals surface area contributed by atoms with Crippen LogP contribution in [0.2, 0.25) is 0 Å². The second-order valence-corrected chi connectivity index (χ2v) is 3.46. The van der Waals surface area contributed by atoms with Crippen LogP contribution in [0.4, 0.5) is 4.79 Å². The van der Waals surface area contributed by atoms with Gasteiger partial charge in [0.2, 0.25) is 0 Å². The molecule has 0 aromatic heterocycles. The maximum absolute atomic E-state index is 11.0. The first-order chi connectivity index (χ1) is 7.08. The number of urea groups is 1. The van der Waals surface area contributed by atoms with Crippen LogP contribution >= 0.6 is 0 Å². The number of carbonyl (C=O) groups excluding carboxylic acids is 3. The first-order valence-corrected chi connectivity index (χ1v) is 4.80. The van der Waals surface area contributed by atoms with Crippen LogP contribution in [0, 0.1) is 0 Å². The molecule has 15 heavy (non-hydrogen) atoms. The van der Waals surface area contributed by atoms with Crippen LogP contribution in [0.3, 0.4) is 0 Å². The van der Waals surface area contributed by atoms with Crippen molar-refractivity contribution < 1.29 is 19.1 Å². The Hall–Kier alpha value is -1.43. The Labute approximate surface area is 87.1 Å². The molecule has 0 aliphatic heterocycles. The minimum absolute atomic E-state index is 0.0682. The van der Waals surface area contributed by atoms with Gasteiger partial charge in [-0.15, -0.1) is 0 Å². The van der Waals surface area contributed by atoms with Crippen LogP contribution in [0.25, 0.3) is 0 Å². The van der Waals surface area contributed by atoms with E-state index in [0.717, 1.165) is 0 Å². The van der Waals surface area contributed by atoms with E-state index in [0.29, 0.717) is 25.7 Å². The fraction of sp³-hybridized carbons (Fsp3) is 0.667. The number of nitrogens with two attached hydrogens (primary N) is 1. The van der Waals surface area contributed by atoms with Gasteiger partial charge < -0.3 is 10.5 Å². The van der Waals surface area contributed by atoms with Crippen molar-refractivity contribution in [3.8, 4) is 0 Å². The molecule has 6 heteroatoms. The average molecular weight is 214 g/mol. The van der Waals surface area contributed by atoms with Gasteiger partial charge in [0.1, 0.15) is 12.4 Å². The van der Waals surface area contributed by atoms with Crippen molar-refractivity contribution in [1.82, 2.24) is 5.32 Å². The molecule has 84 valence electrons. The zero-order valence-corrected chi connectivity index (χ0v) is 8.32. The van der Waals surface area contributed by atoms with Crippen molar-refractivity contribution in [2.75, 3.05) is 6.61 Å². The van der Waals surface area contributed by atoms with Crippen molar-refractivity contribution in [2.45, 2.75) is 31.8 Å². The van der Waals surface area contributed by atoms with E-state index in [2.05, 4.69) is 0 Å². The summed E-state index contributed by atoms with van der Waals surface area (Å²) < 4.78 is 5.22. The number of rotatable bonds is 3. The van der Waals surface area contributed by atoms with Crippen molar-refractivity contribution in [3.05, 3.63) is 0 Å². The molecule has 0 atom stereocenters. The third-order valence-electron chi connectivity index (χ3n) is 2.20. The summed E-state index contributed by atoms with van der Waals surface area (Å²) in [5.74, 6) is -0.323. The molecule has 0 spiro atoms. The molecule has 3 N–H and O–H groups in total. The number of carbonyl (C=O) groups is 3. The van der Waals surface area contributed by atoms with Gasteiger partial charge in [0.25, 0.3) is 5.91 Å². The fourth-order valence-corrected chi connectivity index (χ4v) is 1.45. The number of nitrogens with one attached hydrogen (secondary N) is 1. The van der Waals surface area contributed by atoms with E-state index in [1.165, 1.54) is 0 Å². The largest absolute Gasteiger partial charge is 0.368 e. The lowest BCUT2D eigenvalue weighted by Gasteiger charge is -2.20. The van der Waals surface area contributed by atoms with Crippen molar-refractivity contribution in [2.24, 2.45) is 5.73 Å². The summed E-state index contributed by atoms with van der Waals surface area (Å²) in [4.78, 5) is 32.1. The van der Waals surface area contributed by atoms with Gasteiger partial charge in [-0.1, -0.05) is 0 Å². The molecular weight excluding hydrogens is 200 g/mol. The predicted octanol–water partition coefficient (Wildman–Crippen LogP) is -0.290. The first-order valence-electron chi connectivity index (χ1n) is 4.80. The number of hydrogen-bond donors (Lipinski definition) is 2. The smallest absolute Gasteiger partial charge is 0.318 e. The lowest BCUT2D eigenvalue weighted by Crippen LogP contribution is -2.38. The Morgan fingerprint density at radius 1 is 1.40 bits per heavy atom. The molecule has 1 fully saturated rings. The molecule has 1 saturated carbocycles. The number of Topliss-reactive ketones (excluding diaryl/α,β-unsaturated/α-hetero) is 1. The Bertz CT molecular complexity index is 267. The third-order valence-corrected chi connectivity index (χ3v) is 2.20. The van der Waals surface area contributed by atoms with Gasteiger partial charge >= 0.3 is 6.03 Å². The maximum atomic E-state index is 11.0. The molecule has 0 heterocycles. The number of imide groups is 1. The highest BCUT2D eigenvalue weighted by Gasteiger charge is 2.19. The summed E-state index contributed by atoms with van der Waals surface area (Å²) in [7, 11) is 0. The van der Waals surface area contributed by atoms with E-state index < -0.39 is 11.9 Å². The highest BCUT2D eigenvalue weighted by atomic mass is 16.5. The second kappa shape index (κ2) is 5.45. The van der Waals surface area contributed by atoms with Crippen molar-refractivity contribution in [3.63, 3.8) is 0 Å². The molecule has 0 aromatic rings. The Balaban J connectivity index is 2.17. The van der Waals surface area contributed by atoms with E-state index in [9.17, 15) is 14.4 Å². The van der Waals surface area contributed by atoms with E-state index in [-0.39, 0.29) is 18.5 Å². The summed E-state index contributed by atoms with van der Waals surface area (Å²) in [6.45, 7) is -0.193. The average Bonchev–Trinajstić information content (AvgIpc) is 2.16. The lowest BCUT2D eigenvalue weighted by molar-refractivity contribution is -0.129. The maximum Gasteiger partial charge on any atom is 0.318 e. The second-order valence-electron chi connectivity index (χ2n) is 3.46. The lowest BCUT2D eigenvalue weighted by atomic mass is 9.96. The van der Waals surface area contributed by atoms with Crippen LogP contribution in [0.1, 0.15) is 25.7 Å². The predicted molar refractivity (Wildman–Crippen MR) is 50.9 cm³/mol. The van der Waals surface area contributed by atoms with Crippen LogP contribution in [0.5, 0.6) is 0 Å². The molecule has 1 aliphatic carbocycles. The molecule has 0 radical (unpaired) electrons. The quantitative estimate of drug-likeness (QED) is 0.674. The topological polar surface area (TPSA) is 98.5 Å². The number of amides is 3.